The van der Waals surface area contributed by atoms with Gasteiger partial charge in [-0.3, -0.25) is 0 Å². The van der Waals surface area contributed by atoms with Gasteiger partial charge in [-0.15, -0.1) is 0 Å². The molecular weight excluding hydrogens is 264 g/mol. The van der Waals surface area contributed by atoms with E-state index in [4.69, 9.17) is 0 Å². The zero-order valence-corrected chi connectivity index (χ0v) is 11.3. The van der Waals surface area contributed by atoms with E-state index in [0.29, 0.717) is 6.04 Å². The summed E-state index contributed by atoms with van der Waals surface area (Å²) in [4.78, 5) is 3.46. The van der Waals surface area contributed by atoms with Crippen LogP contribution in [-0.2, 0) is 0 Å². The van der Waals surface area contributed by atoms with Gasteiger partial charge in [0.1, 0.15) is 0 Å². The summed E-state index contributed by atoms with van der Waals surface area (Å²) in [5, 5.41) is 4.74. The van der Waals surface area contributed by atoms with Crippen molar-refractivity contribution in [3.8, 4) is 0 Å². The SMILES string of the molecule is CCCNC(C)c1cc2cccc(Br)c2[nH]1. The van der Waals surface area contributed by atoms with Gasteiger partial charge in [0.15, 0.2) is 0 Å². The monoisotopic (exact) mass is 280 g/mol. The van der Waals surface area contributed by atoms with E-state index in [2.05, 4.69) is 64.3 Å². The third-order valence-electron chi connectivity index (χ3n) is 2.79. The highest BCUT2D eigenvalue weighted by Crippen LogP contribution is 2.26. The molecule has 0 spiro atoms. The Morgan fingerprint density at radius 2 is 2.25 bits per heavy atom. The Morgan fingerprint density at radius 1 is 1.44 bits per heavy atom. The lowest BCUT2D eigenvalue weighted by Crippen LogP contribution is -2.19. The molecule has 0 amide bonds. The molecule has 0 aliphatic heterocycles. The van der Waals surface area contributed by atoms with E-state index in [9.17, 15) is 0 Å². The topological polar surface area (TPSA) is 27.8 Å². The van der Waals surface area contributed by atoms with E-state index in [1.165, 1.54) is 16.6 Å². The fourth-order valence-corrected chi connectivity index (χ4v) is 2.33. The summed E-state index contributed by atoms with van der Waals surface area (Å²) in [6, 6.07) is 8.85. The molecule has 1 heterocycles. The minimum atomic E-state index is 0.374. The summed E-state index contributed by atoms with van der Waals surface area (Å²) >= 11 is 3.56. The number of benzene rings is 1. The number of para-hydroxylation sites is 1. The van der Waals surface area contributed by atoms with Gasteiger partial charge in [-0.1, -0.05) is 19.1 Å². The molecule has 16 heavy (non-hydrogen) atoms. The molecule has 86 valence electrons. The highest BCUT2D eigenvalue weighted by atomic mass is 79.9. The van der Waals surface area contributed by atoms with Crippen LogP contribution in [0.1, 0.15) is 32.0 Å². The van der Waals surface area contributed by atoms with Crippen molar-refractivity contribution in [1.82, 2.24) is 10.3 Å². The standard InChI is InChI=1S/C13H17BrN2/c1-3-7-15-9(2)12-8-10-5-4-6-11(14)13(10)16-12/h4-6,8-9,15-16H,3,7H2,1-2H3. The molecule has 0 radical (unpaired) electrons. The van der Waals surface area contributed by atoms with Crippen LogP contribution in [0.5, 0.6) is 0 Å². The van der Waals surface area contributed by atoms with E-state index < -0.39 is 0 Å². The number of halogens is 1. The van der Waals surface area contributed by atoms with Crippen molar-refractivity contribution in [2.45, 2.75) is 26.3 Å². The number of H-pyrrole nitrogens is 1. The van der Waals surface area contributed by atoms with Crippen molar-refractivity contribution < 1.29 is 0 Å². The molecule has 0 saturated carbocycles. The summed E-state index contributed by atoms with van der Waals surface area (Å²) in [7, 11) is 0. The molecule has 1 unspecified atom stereocenters. The molecule has 1 aromatic carbocycles. The Bertz CT molecular complexity index is 476. The molecule has 0 aliphatic carbocycles. The highest BCUT2D eigenvalue weighted by Gasteiger charge is 2.08. The Hall–Kier alpha value is -0.800. The van der Waals surface area contributed by atoms with Gasteiger partial charge in [-0.05, 0) is 48.0 Å². The molecule has 2 nitrogen and oxygen atoms in total. The van der Waals surface area contributed by atoms with Crippen LogP contribution in [0, 0.1) is 0 Å². The van der Waals surface area contributed by atoms with Crippen LogP contribution in [0.2, 0.25) is 0 Å². The first-order valence-corrected chi connectivity index (χ1v) is 6.52. The van der Waals surface area contributed by atoms with Crippen LogP contribution in [0.4, 0.5) is 0 Å². The molecule has 0 aliphatic rings. The summed E-state index contributed by atoms with van der Waals surface area (Å²) in [6.07, 6.45) is 1.16. The lowest BCUT2D eigenvalue weighted by atomic mass is 10.2. The number of aromatic nitrogens is 1. The minimum Gasteiger partial charge on any atom is -0.356 e. The summed E-state index contributed by atoms with van der Waals surface area (Å²) in [6.45, 7) is 5.42. The van der Waals surface area contributed by atoms with Gasteiger partial charge in [0, 0.05) is 21.6 Å². The summed E-state index contributed by atoms with van der Waals surface area (Å²) < 4.78 is 1.12. The Balaban J connectivity index is 2.29. The minimum absolute atomic E-state index is 0.374. The second-order valence-corrected chi connectivity index (χ2v) is 4.96. The van der Waals surface area contributed by atoms with Crippen molar-refractivity contribution in [3.63, 3.8) is 0 Å². The molecule has 3 heteroatoms. The van der Waals surface area contributed by atoms with Crippen LogP contribution in [0.25, 0.3) is 10.9 Å². The Labute approximate surface area is 105 Å². The van der Waals surface area contributed by atoms with Crippen molar-refractivity contribution in [3.05, 3.63) is 34.4 Å². The largest absolute Gasteiger partial charge is 0.356 e. The predicted octanol–water partition coefficient (Wildman–Crippen LogP) is 3.99. The first kappa shape index (κ1) is 11.7. The van der Waals surface area contributed by atoms with E-state index in [-0.39, 0.29) is 0 Å². The van der Waals surface area contributed by atoms with Crippen molar-refractivity contribution >= 4 is 26.8 Å². The highest BCUT2D eigenvalue weighted by molar-refractivity contribution is 9.10. The second kappa shape index (κ2) is 5.02. The maximum absolute atomic E-state index is 3.56. The number of fused-ring (bicyclic) bond motifs is 1. The van der Waals surface area contributed by atoms with E-state index >= 15 is 0 Å². The number of nitrogens with one attached hydrogen (secondary N) is 2. The Morgan fingerprint density at radius 3 is 2.94 bits per heavy atom. The zero-order valence-electron chi connectivity index (χ0n) is 9.68. The van der Waals surface area contributed by atoms with Crippen molar-refractivity contribution in [2.75, 3.05) is 6.54 Å². The van der Waals surface area contributed by atoms with Crippen LogP contribution in [-0.4, -0.2) is 11.5 Å². The molecular formula is C13H17BrN2. The van der Waals surface area contributed by atoms with Crippen LogP contribution in [0.3, 0.4) is 0 Å². The molecule has 1 aromatic heterocycles. The molecule has 2 N–H and O–H groups in total. The smallest absolute Gasteiger partial charge is 0.0600 e. The molecule has 2 aromatic rings. The molecule has 1 atom stereocenters. The van der Waals surface area contributed by atoms with Crippen LogP contribution >= 0.6 is 15.9 Å². The maximum atomic E-state index is 3.56. The molecule has 0 fully saturated rings. The van der Waals surface area contributed by atoms with E-state index in [0.717, 1.165) is 17.4 Å². The van der Waals surface area contributed by atoms with Gasteiger partial charge < -0.3 is 10.3 Å². The summed E-state index contributed by atoms with van der Waals surface area (Å²) in [5.41, 5.74) is 2.43. The van der Waals surface area contributed by atoms with Gasteiger partial charge in [-0.25, -0.2) is 0 Å². The maximum Gasteiger partial charge on any atom is 0.0600 e. The van der Waals surface area contributed by atoms with Gasteiger partial charge >= 0.3 is 0 Å². The second-order valence-electron chi connectivity index (χ2n) is 4.10. The van der Waals surface area contributed by atoms with Gasteiger partial charge in [0.25, 0.3) is 0 Å². The fourth-order valence-electron chi connectivity index (χ4n) is 1.84. The average Bonchev–Trinajstić information content (AvgIpc) is 2.71. The lowest BCUT2D eigenvalue weighted by Gasteiger charge is -2.10. The molecule has 2 rings (SSSR count). The third-order valence-corrected chi connectivity index (χ3v) is 3.45. The van der Waals surface area contributed by atoms with Gasteiger partial charge in [0.2, 0.25) is 0 Å². The van der Waals surface area contributed by atoms with E-state index in [1.54, 1.807) is 0 Å². The number of hydrogen-bond acceptors (Lipinski definition) is 1. The first-order chi connectivity index (χ1) is 7.72. The summed E-state index contributed by atoms with van der Waals surface area (Å²) in [5.74, 6) is 0. The fraction of sp³-hybridized carbons (Fsp3) is 0.385. The quantitative estimate of drug-likeness (QED) is 0.871. The molecule has 0 saturated heterocycles. The van der Waals surface area contributed by atoms with Crippen LogP contribution < -0.4 is 5.32 Å². The van der Waals surface area contributed by atoms with E-state index in [1.807, 2.05) is 0 Å². The van der Waals surface area contributed by atoms with Crippen molar-refractivity contribution in [2.24, 2.45) is 0 Å². The van der Waals surface area contributed by atoms with Crippen LogP contribution in [0.15, 0.2) is 28.7 Å². The number of rotatable bonds is 4. The number of aromatic amines is 1. The van der Waals surface area contributed by atoms with Gasteiger partial charge in [-0.2, -0.15) is 0 Å². The van der Waals surface area contributed by atoms with Gasteiger partial charge in [0.05, 0.1) is 5.52 Å². The third kappa shape index (κ3) is 2.30. The zero-order chi connectivity index (χ0) is 11.5. The Kier molecular flexibility index (Phi) is 3.66. The first-order valence-electron chi connectivity index (χ1n) is 5.73. The molecule has 0 bridgehead atoms. The van der Waals surface area contributed by atoms with Crippen molar-refractivity contribution in [1.29, 1.82) is 0 Å². The average molecular weight is 281 g/mol. The lowest BCUT2D eigenvalue weighted by molar-refractivity contribution is 0.561. The number of hydrogen-bond donors (Lipinski definition) is 2. The normalized spacial score (nSPS) is 13.2. The predicted molar refractivity (Wildman–Crippen MR) is 72.7 cm³/mol.